The SMILES string of the molecule is C=CCn1c(SCc2nnc(C(=O)NCc3ccc(C)cc3)s2)nc2ccccc2c1=O. The smallest absolute Gasteiger partial charge is 0.282 e. The zero-order valence-corrected chi connectivity index (χ0v) is 19.1. The molecule has 0 bridgehead atoms. The Kier molecular flexibility index (Phi) is 6.77. The van der Waals surface area contributed by atoms with Crippen molar-refractivity contribution in [2.45, 2.75) is 30.9 Å². The summed E-state index contributed by atoms with van der Waals surface area (Å²) < 4.78 is 1.59. The van der Waals surface area contributed by atoms with Crippen LogP contribution in [-0.4, -0.2) is 25.7 Å². The summed E-state index contributed by atoms with van der Waals surface area (Å²) in [5.74, 6) is 0.192. The van der Waals surface area contributed by atoms with Crippen LogP contribution in [0.4, 0.5) is 0 Å². The Morgan fingerprint density at radius 1 is 1.19 bits per heavy atom. The van der Waals surface area contributed by atoms with Gasteiger partial charge in [0, 0.05) is 13.1 Å². The summed E-state index contributed by atoms with van der Waals surface area (Å²) >= 11 is 2.62. The summed E-state index contributed by atoms with van der Waals surface area (Å²) in [7, 11) is 0. The van der Waals surface area contributed by atoms with Gasteiger partial charge in [-0.15, -0.1) is 16.8 Å². The van der Waals surface area contributed by atoms with Crippen molar-refractivity contribution in [3.8, 4) is 0 Å². The number of allylic oxidation sites excluding steroid dienone is 1. The molecule has 4 aromatic rings. The lowest BCUT2D eigenvalue weighted by Gasteiger charge is -2.10. The average molecular weight is 464 g/mol. The number of hydrogen-bond acceptors (Lipinski definition) is 7. The monoisotopic (exact) mass is 463 g/mol. The number of nitrogens with zero attached hydrogens (tertiary/aromatic N) is 4. The second-order valence-corrected chi connectivity index (χ2v) is 9.08. The van der Waals surface area contributed by atoms with E-state index in [-0.39, 0.29) is 11.5 Å². The van der Waals surface area contributed by atoms with Crippen LogP contribution in [0, 0.1) is 6.92 Å². The van der Waals surface area contributed by atoms with Crippen LogP contribution in [0.2, 0.25) is 0 Å². The number of hydrogen-bond donors (Lipinski definition) is 1. The Balaban J connectivity index is 1.45. The van der Waals surface area contributed by atoms with Gasteiger partial charge >= 0.3 is 0 Å². The van der Waals surface area contributed by atoms with Crippen LogP contribution in [0.25, 0.3) is 10.9 Å². The minimum atomic E-state index is -0.258. The minimum Gasteiger partial charge on any atom is -0.346 e. The van der Waals surface area contributed by atoms with Crippen molar-refractivity contribution in [1.29, 1.82) is 0 Å². The second-order valence-electron chi connectivity index (χ2n) is 7.07. The Labute approximate surface area is 193 Å². The molecule has 0 saturated carbocycles. The van der Waals surface area contributed by atoms with Gasteiger partial charge in [0.15, 0.2) is 5.16 Å². The van der Waals surface area contributed by atoms with E-state index in [4.69, 9.17) is 0 Å². The van der Waals surface area contributed by atoms with Gasteiger partial charge in [0.25, 0.3) is 11.5 Å². The van der Waals surface area contributed by atoms with E-state index in [1.54, 1.807) is 16.7 Å². The highest BCUT2D eigenvalue weighted by molar-refractivity contribution is 7.98. The van der Waals surface area contributed by atoms with Gasteiger partial charge in [-0.1, -0.05) is 71.1 Å². The van der Waals surface area contributed by atoms with Gasteiger partial charge < -0.3 is 5.32 Å². The summed E-state index contributed by atoms with van der Waals surface area (Å²) in [6.45, 7) is 6.55. The van der Waals surface area contributed by atoms with E-state index < -0.39 is 0 Å². The molecule has 162 valence electrons. The van der Waals surface area contributed by atoms with Gasteiger partial charge in [0.05, 0.1) is 16.7 Å². The normalized spacial score (nSPS) is 10.9. The lowest BCUT2D eigenvalue weighted by molar-refractivity contribution is 0.0950. The van der Waals surface area contributed by atoms with E-state index in [9.17, 15) is 9.59 Å². The van der Waals surface area contributed by atoms with Gasteiger partial charge in [-0.05, 0) is 24.6 Å². The molecule has 2 aromatic heterocycles. The maximum absolute atomic E-state index is 12.8. The van der Waals surface area contributed by atoms with Gasteiger partial charge in [-0.3, -0.25) is 14.2 Å². The van der Waals surface area contributed by atoms with E-state index in [1.165, 1.54) is 28.7 Å². The van der Waals surface area contributed by atoms with Gasteiger partial charge in [0.2, 0.25) is 5.01 Å². The number of amides is 1. The van der Waals surface area contributed by atoms with Gasteiger partial charge in [-0.2, -0.15) is 0 Å². The fraction of sp³-hybridized carbons (Fsp3) is 0.174. The zero-order chi connectivity index (χ0) is 22.5. The molecule has 0 fully saturated rings. The largest absolute Gasteiger partial charge is 0.346 e. The van der Waals surface area contributed by atoms with Crippen LogP contribution < -0.4 is 10.9 Å². The van der Waals surface area contributed by atoms with Crippen molar-refractivity contribution in [1.82, 2.24) is 25.1 Å². The third kappa shape index (κ3) is 4.95. The Bertz CT molecular complexity index is 1330. The highest BCUT2D eigenvalue weighted by atomic mass is 32.2. The number of rotatable bonds is 8. The first-order chi connectivity index (χ1) is 15.5. The zero-order valence-electron chi connectivity index (χ0n) is 17.4. The van der Waals surface area contributed by atoms with Crippen molar-refractivity contribution >= 4 is 39.9 Å². The number of thioether (sulfide) groups is 1. The van der Waals surface area contributed by atoms with Crippen molar-refractivity contribution in [2.24, 2.45) is 0 Å². The van der Waals surface area contributed by atoms with Crippen LogP contribution in [0.5, 0.6) is 0 Å². The van der Waals surface area contributed by atoms with Gasteiger partial charge in [0.1, 0.15) is 5.01 Å². The number of carbonyl (C=O) groups is 1. The fourth-order valence-corrected chi connectivity index (χ4v) is 4.79. The maximum atomic E-state index is 12.8. The molecule has 0 spiro atoms. The Hall–Kier alpha value is -3.30. The lowest BCUT2D eigenvalue weighted by Crippen LogP contribution is -2.22. The van der Waals surface area contributed by atoms with Crippen LogP contribution in [-0.2, 0) is 18.8 Å². The molecule has 9 heteroatoms. The standard InChI is InChI=1S/C23H21N5O2S2/c1-3-12-28-22(30)17-6-4-5-7-18(17)25-23(28)31-14-19-26-27-21(32-19)20(29)24-13-16-10-8-15(2)9-11-16/h3-11H,1,12-14H2,2H3,(H,24,29). The number of carbonyl (C=O) groups excluding carboxylic acids is 1. The molecule has 0 radical (unpaired) electrons. The quantitative estimate of drug-likeness (QED) is 0.242. The van der Waals surface area contributed by atoms with Gasteiger partial charge in [-0.25, -0.2) is 4.98 Å². The summed E-state index contributed by atoms with van der Waals surface area (Å²) in [6, 6.07) is 15.2. The maximum Gasteiger partial charge on any atom is 0.282 e. The lowest BCUT2D eigenvalue weighted by atomic mass is 10.1. The molecule has 1 amide bonds. The van der Waals surface area contributed by atoms with E-state index in [0.29, 0.717) is 44.9 Å². The van der Waals surface area contributed by atoms with E-state index in [1.807, 2.05) is 49.4 Å². The summed E-state index contributed by atoms with van der Waals surface area (Å²) in [5, 5.41) is 13.2. The number of aryl methyl sites for hydroxylation is 1. The molecule has 0 aliphatic carbocycles. The van der Waals surface area contributed by atoms with E-state index >= 15 is 0 Å². The molecule has 0 aliphatic heterocycles. The Morgan fingerprint density at radius 3 is 2.75 bits per heavy atom. The number of para-hydroxylation sites is 1. The molecule has 7 nitrogen and oxygen atoms in total. The number of benzene rings is 2. The third-order valence-corrected chi connectivity index (χ3v) is 6.79. The van der Waals surface area contributed by atoms with E-state index in [0.717, 1.165) is 5.56 Å². The first-order valence-corrected chi connectivity index (χ1v) is 11.7. The average Bonchev–Trinajstić information content (AvgIpc) is 3.28. The second kappa shape index (κ2) is 9.88. The van der Waals surface area contributed by atoms with Crippen molar-refractivity contribution in [2.75, 3.05) is 0 Å². The van der Waals surface area contributed by atoms with Crippen molar-refractivity contribution in [3.05, 3.63) is 92.7 Å². The topological polar surface area (TPSA) is 89.8 Å². The highest BCUT2D eigenvalue weighted by Crippen LogP contribution is 2.24. The first kappa shape index (κ1) is 21.9. The molecular weight excluding hydrogens is 442 g/mol. The third-order valence-electron chi connectivity index (χ3n) is 4.70. The summed E-state index contributed by atoms with van der Waals surface area (Å²) in [6.07, 6.45) is 1.67. The molecule has 0 saturated heterocycles. The number of fused-ring (bicyclic) bond motifs is 1. The molecular formula is C23H21N5O2S2. The fourth-order valence-electron chi connectivity index (χ4n) is 3.04. The number of aromatic nitrogens is 4. The predicted octanol–water partition coefficient (Wildman–Crippen LogP) is 3.96. The van der Waals surface area contributed by atoms with Crippen LogP contribution in [0.3, 0.4) is 0 Å². The molecule has 0 aliphatic rings. The molecule has 4 rings (SSSR count). The van der Waals surface area contributed by atoms with Crippen molar-refractivity contribution in [3.63, 3.8) is 0 Å². The molecule has 2 aromatic carbocycles. The van der Waals surface area contributed by atoms with Crippen LogP contribution in [0.1, 0.15) is 25.9 Å². The summed E-state index contributed by atoms with van der Waals surface area (Å²) in [4.78, 5) is 29.9. The predicted molar refractivity (Wildman–Crippen MR) is 128 cm³/mol. The molecule has 2 heterocycles. The molecule has 0 atom stereocenters. The molecule has 1 N–H and O–H groups in total. The molecule has 0 unspecified atom stereocenters. The molecule has 32 heavy (non-hydrogen) atoms. The van der Waals surface area contributed by atoms with E-state index in [2.05, 4.69) is 27.1 Å². The summed E-state index contributed by atoms with van der Waals surface area (Å²) in [5.41, 5.74) is 2.73. The minimum absolute atomic E-state index is 0.105. The highest BCUT2D eigenvalue weighted by Gasteiger charge is 2.15. The number of nitrogens with one attached hydrogen (secondary N) is 1. The van der Waals surface area contributed by atoms with Crippen LogP contribution >= 0.6 is 23.1 Å². The van der Waals surface area contributed by atoms with Crippen LogP contribution in [0.15, 0.2) is 71.1 Å². The first-order valence-electron chi connectivity index (χ1n) is 9.94. The van der Waals surface area contributed by atoms with Crippen molar-refractivity contribution < 1.29 is 4.79 Å². The Morgan fingerprint density at radius 2 is 1.97 bits per heavy atom.